The fourth-order valence-electron chi connectivity index (χ4n) is 4.58. The number of benzene rings is 3. The Balaban J connectivity index is 2.02. The average Bonchev–Trinajstić information content (AvgIpc) is 2.97. The van der Waals surface area contributed by atoms with Gasteiger partial charge >= 0.3 is 18.1 Å². The summed E-state index contributed by atoms with van der Waals surface area (Å²) >= 11 is 0. The van der Waals surface area contributed by atoms with Crippen LogP contribution in [0.2, 0.25) is 0 Å². The highest BCUT2D eigenvalue weighted by atomic mass is 19.4. The van der Waals surface area contributed by atoms with E-state index in [1.807, 2.05) is 6.07 Å². The maximum Gasteiger partial charge on any atom is 0.416 e. The Labute approximate surface area is 242 Å². The van der Waals surface area contributed by atoms with E-state index in [4.69, 9.17) is 19.9 Å². The van der Waals surface area contributed by atoms with Crippen LogP contribution in [-0.2, 0) is 25.2 Å². The summed E-state index contributed by atoms with van der Waals surface area (Å²) in [5.41, 5.74) is 4.57. The molecule has 1 heterocycles. The third kappa shape index (κ3) is 5.72. The van der Waals surface area contributed by atoms with Crippen molar-refractivity contribution in [3.8, 4) is 17.6 Å². The number of allylic oxidation sites excluding steroid dienone is 1. The smallest absolute Gasteiger partial charge is 0.416 e. The molecule has 1 unspecified atom stereocenters. The molecule has 222 valence electrons. The number of hydrogen-bond donors (Lipinski definition) is 1. The molecule has 43 heavy (non-hydrogen) atoms. The van der Waals surface area contributed by atoms with E-state index in [-0.39, 0.29) is 34.8 Å². The zero-order valence-corrected chi connectivity index (χ0v) is 22.8. The molecule has 0 spiro atoms. The third-order valence-corrected chi connectivity index (χ3v) is 6.50. The van der Waals surface area contributed by atoms with Gasteiger partial charge in [-0.05, 0) is 42.3 Å². The van der Waals surface area contributed by atoms with Crippen LogP contribution in [0.1, 0.15) is 22.6 Å². The summed E-state index contributed by atoms with van der Waals surface area (Å²) in [6.07, 6.45) is -5.03. The number of anilines is 1. The molecular weight excluding hydrogens is 577 g/mol. The minimum Gasteiger partial charge on any atom is -0.466 e. The SMILES string of the molecule is COC(=O)C1=C(C(=O)OC)N(c2cc(C)ccc2Oc2c(F)cc(C(F)(F)F)cc2F)C(N)=C(C#N)C1c1ccccc1. The molecule has 1 atom stereocenters. The van der Waals surface area contributed by atoms with E-state index in [0.29, 0.717) is 11.1 Å². The van der Waals surface area contributed by atoms with Crippen LogP contribution >= 0.6 is 0 Å². The first-order chi connectivity index (χ1) is 20.3. The highest BCUT2D eigenvalue weighted by Gasteiger charge is 2.44. The lowest BCUT2D eigenvalue weighted by Gasteiger charge is -2.36. The monoisotopic (exact) mass is 599 g/mol. The predicted molar refractivity (Wildman–Crippen MR) is 142 cm³/mol. The first-order valence-electron chi connectivity index (χ1n) is 12.3. The van der Waals surface area contributed by atoms with Gasteiger partial charge in [-0.3, -0.25) is 4.90 Å². The second kappa shape index (κ2) is 11.8. The number of halogens is 5. The van der Waals surface area contributed by atoms with Gasteiger partial charge in [-0.25, -0.2) is 18.4 Å². The molecule has 0 saturated heterocycles. The number of hydrogen-bond acceptors (Lipinski definition) is 8. The van der Waals surface area contributed by atoms with Gasteiger partial charge in [0.15, 0.2) is 23.1 Å². The van der Waals surface area contributed by atoms with E-state index in [9.17, 15) is 36.8 Å². The fraction of sp³-hybridized carbons (Fsp3) is 0.167. The molecule has 3 aromatic rings. The van der Waals surface area contributed by atoms with Crippen molar-refractivity contribution in [3.63, 3.8) is 0 Å². The Bertz CT molecular complexity index is 1690. The van der Waals surface area contributed by atoms with Gasteiger partial charge < -0.3 is 19.9 Å². The summed E-state index contributed by atoms with van der Waals surface area (Å²) in [4.78, 5) is 27.5. The van der Waals surface area contributed by atoms with E-state index in [1.165, 1.54) is 18.2 Å². The first-order valence-corrected chi connectivity index (χ1v) is 12.3. The maximum absolute atomic E-state index is 14.8. The van der Waals surface area contributed by atoms with Crippen molar-refractivity contribution in [1.82, 2.24) is 0 Å². The van der Waals surface area contributed by atoms with Gasteiger partial charge in [0.1, 0.15) is 11.5 Å². The number of ether oxygens (including phenoxy) is 3. The van der Waals surface area contributed by atoms with Crippen molar-refractivity contribution in [1.29, 1.82) is 5.26 Å². The molecule has 13 heteroatoms. The quantitative estimate of drug-likeness (QED) is 0.272. The number of rotatable bonds is 6. The van der Waals surface area contributed by atoms with Crippen LogP contribution in [-0.4, -0.2) is 26.2 Å². The number of carbonyl (C=O) groups excluding carboxylic acids is 2. The lowest BCUT2D eigenvalue weighted by Crippen LogP contribution is -2.41. The normalized spacial score (nSPS) is 15.2. The lowest BCUT2D eigenvalue weighted by molar-refractivity contribution is -0.139. The van der Waals surface area contributed by atoms with Gasteiger partial charge in [-0.1, -0.05) is 36.4 Å². The molecule has 0 bridgehead atoms. The Morgan fingerprint density at radius 3 is 2.09 bits per heavy atom. The molecule has 1 aliphatic rings. The molecular formula is C30H22F5N3O5. The highest BCUT2D eigenvalue weighted by Crippen LogP contribution is 2.46. The first kappa shape index (κ1) is 30.6. The lowest BCUT2D eigenvalue weighted by atomic mass is 9.81. The van der Waals surface area contributed by atoms with Crippen LogP contribution in [0, 0.1) is 29.9 Å². The molecule has 8 nitrogen and oxygen atoms in total. The van der Waals surface area contributed by atoms with Crippen molar-refractivity contribution in [2.75, 3.05) is 19.1 Å². The van der Waals surface area contributed by atoms with E-state index in [1.54, 1.807) is 37.3 Å². The number of carbonyl (C=O) groups is 2. The topological polar surface area (TPSA) is 115 Å². The van der Waals surface area contributed by atoms with Crippen molar-refractivity contribution in [2.45, 2.75) is 19.0 Å². The van der Waals surface area contributed by atoms with Crippen LogP contribution in [0.15, 0.2) is 83.3 Å². The molecule has 0 fully saturated rings. The Morgan fingerprint density at radius 1 is 0.953 bits per heavy atom. The summed E-state index contributed by atoms with van der Waals surface area (Å²) < 4.78 is 84.2. The molecule has 3 aromatic carbocycles. The number of nitrogens with two attached hydrogens (primary N) is 1. The zero-order valence-electron chi connectivity index (χ0n) is 22.8. The van der Waals surface area contributed by atoms with Crippen molar-refractivity contribution in [3.05, 3.63) is 112 Å². The van der Waals surface area contributed by atoms with Gasteiger partial charge in [-0.15, -0.1) is 0 Å². The van der Waals surface area contributed by atoms with Crippen LogP contribution in [0.25, 0.3) is 0 Å². The molecule has 0 aromatic heterocycles. The Kier molecular flexibility index (Phi) is 8.43. The summed E-state index contributed by atoms with van der Waals surface area (Å²) in [6, 6.07) is 14.3. The van der Waals surface area contributed by atoms with Crippen LogP contribution in [0.3, 0.4) is 0 Å². The third-order valence-electron chi connectivity index (χ3n) is 6.50. The standard InChI is InChI=1S/C30H22F5N3O5/c1-15-9-10-22(43-26-19(31)12-17(13-20(26)32)30(33,34)35)21(11-15)38-25(29(40)42-3)24(28(39)41-2)23(18(14-36)27(38)37)16-7-5-4-6-8-16/h4-13,23H,37H2,1-3H3. The van der Waals surface area contributed by atoms with E-state index in [0.717, 1.165) is 19.1 Å². The summed E-state index contributed by atoms with van der Waals surface area (Å²) in [5, 5.41) is 10.2. The highest BCUT2D eigenvalue weighted by molar-refractivity contribution is 6.06. The predicted octanol–water partition coefficient (Wildman–Crippen LogP) is 5.98. The number of nitrogens with zero attached hydrogens (tertiary/aromatic N) is 2. The van der Waals surface area contributed by atoms with E-state index in [2.05, 4.69) is 0 Å². The number of methoxy groups -OCH3 is 2. The minimum atomic E-state index is -5.03. The van der Waals surface area contributed by atoms with Gasteiger partial charge in [0.25, 0.3) is 0 Å². The number of aryl methyl sites for hydroxylation is 1. The maximum atomic E-state index is 14.8. The second-order valence-electron chi connectivity index (χ2n) is 9.18. The van der Waals surface area contributed by atoms with Gasteiger partial charge in [0, 0.05) is 0 Å². The Morgan fingerprint density at radius 2 is 1.56 bits per heavy atom. The van der Waals surface area contributed by atoms with Crippen molar-refractivity contribution < 1.29 is 45.8 Å². The number of nitriles is 1. The molecule has 1 aliphatic heterocycles. The van der Waals surface area contributed by atoms with Gasteiger partial charge in [0.05, 0.1) is 48.6 Å². The van der Waals surface area contributed by atoms with Crippen LogP contribution in [0.5, 0.6) is 11.5 Å². The molecule has 0 radical (unpaired) electrons. The molecule has 0 aliphatic carbocycles. The molecule has 0 saturated carbocycles. The number of alkyl halides is 3. The minimum absolute atomic E-state index is 0.0643. The summed E-state index contributed by atoms with van der Waals surface area (Å²) in [7, 11) is 2.09. The van der Waals surface area contributed by atoms with Crippen molar-refractivity contribution >= 4 is 17.6 Å². The largest absolute Gasteiger partial charge is 0.466 e. The molecule has 2 N–H and O–H groups in total. The molecule has 4 rings (SSSR count). The zero-order chi connectivity index (χ0) is 31.6. The fourth-order valence-corrected chi connectivity index (χ4v) is 4.58. The van der Waals surface area contributed by atoms with E-state index >= 15 is 0 Å². The molecule has 0 amide bonds. The second-order valence-corrected chi connectivity index (χ2v) is 9.18. The van der Waals surface area contributed by atoms with Crippen LogP contribution in [0.4, 0.5) is 27.6 Å². The van der Waals surface area contributed by atoms with Crippen LogP contribution < -0.4 is 15.4 Å². The summed E-state index contributed by atoms with van der Waals surface area (Å²) in [5.74, 6) is -8.58. The summed E-state index contributed by atoms with van der Waals surface area (Å²) in [6.45, 7) is 1.61. The van der Waals surface area contributed by atoms with E-state index < -0.39 is 58.4 Å². The Hall–Kier alpha value is -5.38. The van der Waals surface area contributed by atoms with Gasteiger partial charge in [0.2, 0.25) is 0 Å². The number of esters is 2. The average molecular weight is 600 g/mol. The van der Waals surface area contributed by atoms with Gasteiger partial charge in [-0.2, -0.15) is 18.4 Å². The van der Waals surface area contributed by atoms with Crippen molar-refractivity contribution in [2.24, 2.45) is 5.73 Å².